The van der Waals surface area contributed by atoms with Crippen molar-refractivity contribution in [3.63, 3.8) is 0 Å². The Morgan fingerprint density at radius 3 is 1.15 bits per heavy atom. The first-order valence-corrected chi connectivity index (χ1v) is 11.2. The standard InChI is InChI=1S/C14H15F17O2Si/c1-32-34(2,3)33-6-8(17,18)11(24,25)13(28,29)14(30,31)12(26,27)10(22,23)7(15,16)4-5-9(19,20)21/h4-6H2,1-3H3. The maximum Gasteiger partial charge on any atom is 0.389 e. The van der Waals surface area contributed by atoms with Crippen LogP contribution in [0, 0.1) is 0 Å². The molecule has 34 heavy (non-hydrogen) atoms. The van der Waals surface area contributed by atoms with Crippen molar-refractivity contribution in [3.8, 4) is 0 Å². The highest BCUT2D eigenvalue weighted by atomic mass is 28.4. The van der Waals surface area contributed by atoms with Crippen molar-refractivity contribution in [1.82, 2.24) is 0 Å². The van der Waals surface area contributed by atoms with Crippen LogP contribution >= 0.6 is 0 Å². The van der Waals surface area contributed by atoms with Gasteiger partial charge in [0, 0.05) is 20.0 Å². The third-order valence-corrected chi connectivity index (χ3v) is 6.13. The second-order valence-electron chi connectivity index (χ2n) is 7.29. The molecule has 2 nitrogen and oxygen atoms in total. The summed E-state index contributed by atoms with van der Waals surface area (Å²) in [6, 6.07) is 0. The summed E-state index contributed by atoms with van der Waals surface area (Å²) >= 11 is 0. The number of hydrogen-bond acceptors (Lipinski definition) is 2. The van der Waals surface area contributed by atoms with E-state index in [9.17, 15) is 74.6 Å². The summed E-state index contributed by atoms with van der Waals surface area (Å²) in [4.78, 5) is 0. The highest BCUT2D eigenvalue weighted by Gasteiger charge is 2.92. The molecular weight excluding hydrogens is 551 g/mol. The monoisotopic (exact) mass is 566 g/mol. The van der Waals surface area contributed by atoms with Crippen LogP contribution in [-0.2, 0) is 8.85 Å². The molecule has 0 aromatic heterocycles. The molecule has 0 N–H and O–H groups in total. The van der Waals surface area contributed by atoms with Gasteiger partial charge in [0.05, 0.1) is 0 Å². The van der Waals surface area contributed by atoms with Crippen molar-refractivity contribution in [1.29, 1.82) is 0 Å². The van der Waals surface area contributed by atoms with Gasteiger partial charge in [-0.2, -0.15) is 74.6 Å². The smallest absolute Gasteiger partial charge is 0.389 e. The van der Waals surface area contributed by atoms with Gasteiger partial charge in [0.25, 0.3) is 0 Å². The minimum atomic E-state index is -8.35. The molecule has 0 bridgehead atoms. The topological polar surface area (TPSA) is 18.5 Å². The molecule has 206 valence electrons. The normalized spacial score (nSPS) is 16.2. The lowest BCUT2D eigenvalue weighted by Gasteiger charge is -2.43. The fraction of sp³-hybridized carbons (Fsp3) is 1.00. The quantitative estimate of drug-likeness (QED) is 0.185. The summed E-state index contributed by atoms with van der Waals surface area (Å²) in [6.07, 6.45) is -12.1. The zero-order chi connectivity index (χ0) is 28.0. The van der Waals surface area contributed by atoms with E-state index in [0.717, 1.165) is 20.2 Å². The highest BCUT2D eigenvalue weighted by molar-refractivity contribution is 6.64. The van der Waals surface area contributed by atoms with E-state index < -0.39 is 75.6 Å². The van der Waals surface area contributed by atoms with E-state index in [1.54, 1.807) is 0 Å². The lowest BCUT2D eigenvalue weighted by molar-refractivity contribution is -0.443. The first-order chi connectivity index (χ1) is 14.5. The second-order valence-corrected chi connectivity index (χ2v) is 10.8. The number of halogens is 17. The van der Waals surface area contributed by atoms with Gasteiger partial charge in [0.15, 0.2) is 0 Å². The zero-order valence-electron chi connectivity index (χ0n) is 16.9. The molecule has 0 saturated carbocycles. The van der Waals surface area contributed by atoms with Gasteiger partial charge in [-0.15, -0.1) is 0 Å². The van der Waals surface area contributed by atoms with Gasteiger partial charge in [-0.05, 0) is 13.1 Å². The Morgan fingerprint density at radius 1 is 0.500 bits per heavy atom. The van der Waals surface area contributed by atoms with Gasteiger partial charge in [0.2, 0.25) is 0 Å². The Kier molecular flexibility index (Phi) is 8.83. The Bertz CT molecular complexity index is 701. The maximum absolute atomic E-state index is 13.7. The van der Waals surface area contributed by atoms with Gasteiger partial charge in [-0.25, -0.2) is 0 Å². The van der Waals surface area contributed by atoms with E-state index >= 15 is 0 Å². The summed E-state index contributed by atoms with van der Waals surface area (Å²) in [7, 11) is -3.04. The minimum absolute atomic E-state index is 0.757. The van der Waals surface area contributed by atoms with Gasteiger partial charge >= 0.3 is 56.2 Å². The molecule has 0 saturated heterocycles. The van der Waals surface area contributed by atoms with Crippen LogP contribution in [0.5, 0.6) is 0 Å². The van der Waals surface area contributed by atoms with Crippen LogP contribution in [0.25, 0.3) is 0 Å². The molecule has 20 heteroatoms. The molecule has 0 spiro atoms. The summed E-state index contributed by atoms with van der Waals surface area (Å²) in [5.74, 6) is -53.6. The fourth-order valence-corrected chi connectivity index (χ4v) is 2.57. The predicted molar refractivity (Wildman–Crippen MR) is 80.4 cm³/mol. The van der Waals surface area contributed by atoms with E-state index in [4.69, 9.17) is 0 Å². The van der Waals surface area contributed by atoms with Crippen LogP contribution in [0.15, 0.2) is 0 Å². The van der Waals surface area contributed by atoms with Crippen molar-refractivity contribution in [3.05, 3.63) is 0 Å². The Morgan fingerprint density at radius 2 is 0.824 bits per heavy atom. The van der Waals surface area contributed by atoms with Gasteiger partial charge < -0.3 is 8.85 Å². The van der Waals surface area contributed by atoms with Gasteiger partial charge in [-0.3, -0.25) is 0 Å². The molecule has 0 fully saturated rings. The first-order valence-electron chi connectivity index (χ1n) is 8.38. The van der Waals surface area contributed by atoms with Crippen molar-refractivity contribution in [2.45, 2.75) is 73.6 Å². The predicted octanol–water partition coefficient (Wildman–Crippen LogP) is 7.14. The highest BCUT2D eigenvalue weighted by Crippen LogP contribution is 2.62. The average molecular weight is 566 g/mol. The minimum Gasteiger partial charge on any atom is -0.398 e. The summed E-state index contributed by atoms with van der Waals surface area (Å²) in [5.41, 5.74) is 0. The Hall–Kier alpha value is -1.05. The fourth-order valence-electron chi connectivity index (χ4n) is 1.92. The van der Waals surface area contributed by atoms with Crippen molar-refractivity contribution in [2.75, 3.05) is 13.7 Å². The number of alkyl halides is 17. The molecule has 0 aliphatic carbocycles. The first kappa shape index (κ1) is 32.9. The van der Waals surface area contributed by atoms with Crippen molar-refractivity contribution >= 4 is 8.56 Å². The molecule has 0 amide bonds. The maximum atomic E-state index is 13.7. The van der Waals surface area contributed by atoms with Crippen LogP contribution in [0.3, 0.4) is 0 Å². The second kappa shape index (κ2) is 9.11. The van der Waals surface area contributed by atoms with Crippen LogP contribution in [0.2, 0.25) is 13.1 Å². The number of rotatable bonds is 12. The molecule has 0 heterocycles. The van der Waals surface area contributed by atoms with Gasteiger partial charge in [0.1, 0.15) is 6.61 Å². The largest absolute Gasteiger partial charge is 0.398 e. The molecule has 0 aromatic carbocycles. The number of hydrogen-bond donors (Lipinski definition) is 0. The van der Waals surface area contributed by atoms with Gasteiger partial charge in [-0.1, -0.05) is 0 Å². The zero-order valence-corrected chi connectivity index (χ0v) is 17.9. The SMILES string of the molecule is CO[Si](C)(C)OCC(F)(F)C(F)(F)C(F)(F)C(F)(F)C(F)(F)C(F)(F)C(F)(F)CCC(F)(F)F. The molecule has 0 aromatic rings. The molecule has 0 aliphatic rings. The summed E-state index contributed by atoms with van der Waals surface area (Å²) in [5, 5.41) is 0. The molecule has 0 atom stereocenters. The van der Waals surface area contributed by atoms with E-state index in [1.165, 1.54) is 0 Å². The van der Waals surface area contributed by atoms with Crippen LogP contribution < -0.4 is 0 Å². The lowest BCUT2D eigenvalue weighted by Crippen LogP contribution is -2.73. The van der Waals surface area contributed by atoms with Crippen molar-refractivity contribution in [2.24, 2.45) is 0 Å². The van der Waals surface area contributed by atoms with Crippen LogP contribution in [0.1, 0.15) is 12.8 Å². The molecule has 0 unspecified atom stereocenters. The lowest BCUT2D eigenvalue weighted by atomic mass is 9.88. The molecular formula is C14H15F17O2Si. The van der Waals surface area contributed by atoms with E-state index in [2.05, 4.69) is 8.85 Å². The van der Waals surface area contributed by atoms with Crippen LogP contribution in [-0.4, -0.2) is 69.9 Å². The van der Waals surface area contributed by atoms with Crippen molar-refractivity contribution < 1.29 is 83.5 Å². The summed E-state index contributed by atoms with van der Waals surface area (Å²) in [6.45, 7) is -1.21. The molecule has 0 rings (SSSR count). The molecule has 0 radical (unpaired) electrons. The molecule has 0 aliphatic heterocycles. The Labute approximate surface area is 180 Å². The van der Waals surface area contributed by atoms with Crippen LogP contribution in [0.4, 0.5) is 74.6 Å². The van der Waals surface area contributed by atoms with E-state index in [-0.39, 0.29) is 0 Å². The van der Waals surface area contributed by atoms with E-state index in [0.29, 0.717) is 0 Å². The summed E-state index contributed by atoms with van der Waals surface area (Å²) < 4.78 is 234. The third kappa shape index (κ3) is 5.67. The third-order valence-electron chi connectivity index (χ3n) is 4.31. The Balaban J connectivity index is 6.38. The van der Waals surface area contributed by atoms with E-state index in [1.807, 2.05) is 0 Å². The average Bonchev–Trinajstić information content (AvgIpc) is 2.63.